The molecule has 0 spiro atoms. The van der Waals surface area contributed by atoms with Crippen LogP contribution in [-0.4, -0.2) is 44.6 Å². The molecular weight excluding hydrogens is 381 g/mol. The largest absolute Gasteiger partial charge is 0.461 e. The van der Waals surface area contributed by atoms with Crippen molar-refractivity contribution in [3.8, 4) is 0 Å². The second-order valence-electron chi connectivity index (χ2n) is 6.26. The molecule has 0 saturated heterocycles. The molecule has 1 aliphatic heterocycles. The van der Waals surface area contributed by atoms with Gasteiger partial charge in [-0.3, -0.25) is 14.2 Å². The highest BCUT2D eigenvalue weighted by atomic mass is 19.1. The molecule has 10 heteroatoms. The van der Waals surface area contributed by atoms with Crippen LogP contribution >= 0.6 is 0 Å². The normalized spacial score (nSPS) is 16.3. The summed E-state index contributed by atoms with van der Waals surface area (Å²) in [5.74, 6) is -1.23. The Kier molecular flexibility index (Phi) is 5.00. The number of rotatable bonds is 5. The van der Waals surface area contributed by atoms with E-state index in [0.717, 1.165) is 0 Å². The number of hydrogen-bond acceptors (Lipinski definition) is 7. The third-order valence-electron chi connectivity index (χ3n) is 4.30. The van der Waals surface area contributed by atoms with Crippen molar-refractivity contribution in [2.75, 3.05) is 18.5 Å². The number of benzene rings is 1. The van der Waals surface area contributed by atoms with Crippen LogP contribution in [0.1, 0.15) is 23.5 Å². The molecule has 1 amide bonds. The van der Waals surface area contributed by atoms with Gasteiger partial charge in [0.2, 0.25) is 0 Å². The molecule has 1 N–H and O–H groups in total. The number of ether oxygens (including phenoxy) is 2. The fourth-order valence-electron chi connectivity index (χ4n) is 2.88. The lowest BCUT2D eigenvalue weighted by Gasteiger charge is -2.12. The van der Waals surface area contributed by atoms with Crippen molar-refractivity contribution in [2.45, 2.75) is 13.2 Å². The van der Waals surface area contributed by atoms with E-state index in [1.807, 2.05) is 0 Å². The topological polar surface area (TPSA) is 108 Å². The van der Waals surface area contributed by atoms with E-state index in [2.05, 4.69) is 20.3 Å². The first-order valence-electron chi connectivity index (χ1n) is 8.71. The summed E-state index contributed by atoms with van der Waals surface area (Å²) < 4.78 is 26.4. The van der Waals surface area contributed by atoms with E-state index in [9.17, 15) is 14.0 Å². The summed E-state index contributed by atoms with van der Waals surface area (Å²) >= 11 is 0. The van der Waals surface area contributed by atoms with Crippen molar-refractivity contribution in [1.82, 2.24) is 19.5 Å². The fourth-order valence-corrected chi connectivity index (χ4v) is 2.88. The first-order chi connectivity index (χ1) is 14.0. The fraction of sp³-hybridized carbons (Fsp3) is 0.211. The smallest absolute Gasteiger partial charge is 0.302 e. The molecule has 0 aliphatic carbocycles. The first-order valence-corrected chi connectivity index (χ1v) is 8.71. The Bertz CT molecular complexity index is 1110. The Morgan fingerprint density at radius 2 is 2.07 bits per heavy atom. The second-order valence-corrected chi connectivity index (χ2v) is 6.26. The van der Waals surface area contributed by atoms with E-state index in [-0.39, 0.29) is 36.2 Å². The molecule has 0 fully saturated rings. The van der Waals surface area contributed by atoms with Gasteiger partial charge in [-0.2, -0.15) is 0 Å². The van der Waals surface area contributed by atoms with Gasteiger partial charge < -0.3 is 14.8 Å². The summed E-state index contributed by atoms with van der Waals surface area (Å²) in [7, 11) is 0. The molecule has 2 aromatic heterocycles. The molecule has 0 radical (unpaired) electrons. The van der Waals surface area contributed by atoms with E-state index in [1.165, 1.54) is 24.1 Å². The zero-order chi connectivity index (χ0) is 20.4. The maximum atomic E-state index is 14.7. The third kappa shape index (κ3) is 3.69. The molecule has 148 valence electrons. The van der Waals surface area contributed by atoms with Crippen molar-refractivity contribution in [1.29, 1.82) is 0 Å². The van der Waals surface area contributed by atoms with E-state index in [4.69, 9.17) is 9.47 Å². The number of hydrogen-bond donors (Lipinski definition) is 1. The van der Waals surface area contributed by atoms with Crippen LogP contribution in [0.5, 0.6) is 0 Å². The van der Waals surface area contributed by atoms with Crippen LogP contribution in [0.25, 0.3) is 11.2 Å². The van der Waals surface area contributed by atoms with Crippen LogP contribution in [0.3, 0.4) is 0 Å². The Labute approximate surface area is 164 Å². The lowest BCUT2D eigenvalue weighted by Crippen LogP contribution is -2.14. The maximum absolute atomic E-state index is 14.7. The van der Waals surface area contributed by atoms with Crippen LogP contribution in [0.4, 0.5) is 10.2 Å². The standard InChI is InChI=1S/C19H16FN5O4/c1-11(26)28-7-13-8-29-19(14(13)20)25-10-23-15-16(21-9-22-17(15)25)24-18(27)12-5-3-2-4-6-12/h2-6,9-10,19H,7-8H2,1H3,(H,21,22,24,27)/t19-/m1/s1. The van der Waals surface area contributed by atoms with E-state index in [0.29, 0.717) is 11.1 Å². The molecule has 0 bridgehead atoms. The number of carbonyl (C=O) groups is 2. The van der Waals surface area contributed by atoms with Crippen LogP contribution < -0.4 is 5.32 Å². The van der Waals surface area contributed by atoms with Crippen molar-refractivity contribution in [3.05, 3.63) is 59.9 Å². The summed E-state index contributed by atoms with van der Waals surface area (Å²) in [4.78, 5) is 35.8. The molecule has 29 heavy (non-hydrogen) atoms. The summed E-state index contributed by atoms with van der Waals surface area (Å²) in [6.07, 6.45) is 1.52. The molecule has 1 aromatic carbocycles. The molecule has 9 nitrogen and oxygen atoms in total. The molecular formula is C19H16FN5O4. The number of nitrogens with zero attached hydrogens (tertiary/aromatic N) is 4. The number of esters is 1. The van der Waals surface area contributed by atoms with Gasteiger partial charge in [0.15, 0.2) is 29.0 Å². The predicted octanol–water partition coefficient (Wildman–Crippen LogP) is 2.39. The lowest BCUT2D eigenvalue weighted by atomic mass is 10.2. The van der Waals surface area contributed by atoms with E-state index < -0.39 is 18.0 Å². The van der Waals surface area contributed by atoms with E-state index >= 15 is 0 Å². The Balaban J connectivity index is 1.61. The highest BCUT2D eigenvalue weighted by Gasteiger charge is 2.31. The summed E-state index contributed by atoms with van der Waals surface area (Å²) in [6.45, 7) is 1.04. The van der Waals surface area contributed by atoms with Gasteiger partial charge in [-0.1, -0.05) is 18.2 Å². The highest BCUT2D eigenvalue weighted by Crippen LogP contribution is 2.33. The van der Waals surface area contributed by atoms with Crippen molar-refractivity contribution in [3.63, 3.8) is 0 Å². The monoisotopic (exact) mass is 397 g/mol. The van der Waals surface area contributed by atoms with Crippen LogP contribution in [0, 0.1) is 0 Å². The second kappa shape index (κ2) is 7.76. The zero-order valence-corrected chi connectivity index (χ0v) is 15.3. The molecule has 3 aromatic rings. The van der Waals surface area contributed by atoms with Crippen LogP contribution in [-0.2, 0) is 14.3 Å². The van der Waals surface area contributed by atoms with Gasteiger partial charge in [0.1, 0.15) is 12.9 Å². The van der Waals surface area contributed by atoms with E-state index in [1.54, 1.807) is 30.3 Å². The van der Waals surface area contributed by atoms with Crippen molar-refractivity contribution in [2.24, 2.45) is 0 Å². The van der Waals surface area contributed by atoms with Gasteiger partial charge in [-0.25, -0.2) is 19.3 Å². The average molecular weight is 397 g/mol. The number of carbonyl (C=O) groups excluding carboxylic acids is 2. The number of anilines is 1. The Morgan fingerprint density at radius 3 is 2.83 bits per heavy atom. The molecule has 3 heterocycles. The number of aromatic nitrogens is 4. The zero-order valence-electron chi connectivity index (χ0n) is 15.3. The average Bonchev–Trinajstić information content (AvgIpc) is 3.31. The highest BCUT2D eigenvalue weighted by molar-refractivity contribution is 6.06. The summed E-state index contributed by atoms with van der Waals surface area (Å²) in [5, 5.41) is 2.69. The molecule has 4 rings (SSSR count). The molecule has 1 atom stereocenters. The quantitative estimate of drug-likeness (QED) is 0.659. The maximum Gasteiger partial charge on any atom is 0.302 e. The van der Waals surface area contributed by atoms with Gasteiger partial charge in [0, 0.05) is 18.1 Å². The number of halogens is 1. The number of fused-ring (bicyclic) bond motifs is 1. The number of amides is 1. The molecule has 1 aliphatic rings. The van der Waals surface area contributed by atoms with Gasteiger partial charge in [-0.05, 0) is 12.1 Å². The van der Waals surface area contributed by atoms with Crippen molar-refractivity contribution < 1.29 is 23.5 Å². The Morgan fingerprint density at radius 1 is 1.28 bits per heavy atom. The van der Waals surface area contributed by atoms with Gasteiger partial charge in [-0.15, -0.1) is 0 Å². The third-order valence-corrected chi connectivity index (χ3v) is 4.30. The summed E-state index contributed by atoms with van der Waals surface area (Å²) in [5.41, 5.74) is 1.28. The molecule has 0 saturated carbocycles. The minimum absolute atomic E-state index is 0.0217. The number of imidazole rings is 1. The van der Waals surface area contributed by atoms with Crippen molar-refractivity contribution >= 4 is 28.9 Å². The summed E-state index contributed by atoms with van der Waals surface area (Å²) in [6, 6.07) is 8.64. The lowest BCUT2D eigenvalue weighted by molar-refractivity contribution is -0.140. The number of nitrogens with one attached hydrogen (secondary N) is 1. The molecule has 0 unspecified atom stereocenters. The minimum Gasteiger partial charge on any atom is -0.461 e. The van der Waals surface area contributed by atoms with Gasteiger partial charge >= 0.3 is 5.97 Å². The Hall–Kier alpha value is -3.66. The van der Waals surface area contributed by atoms with Gasteiger partial charge in [0.05, 0.1) is 12.9 Å². The van der Waals surface area contributed by atoms with Gasteiger partial charge in [0.25, 0.3) is 5.91 Å². The predicted molar refractivity (Wildman–Crippen MR) is 99.5 cm³/mol. The van der Waals surface area contributed by atoms with Crippen LogP contribution in [0.2, 0.25) is 0 Å². The first kappa shape index (κ1) is 18.7. The van der Waals surface area contributed by atoms with Crippen LogP contribution in [0.15, 0.2) is 54.4 Å². The minimum atomic E-state index is -1.09. The SMILES string of the molecule is CC(=O)OCC1=C(F)[C@H](n2cnc3c(NC(=O)c4ccccc4)ncnc32)OC1.